The third-order valence-electron chi connectivity index (χ3n) is 3.40. The molecule has 0 radical (unpaired) electrons. The summed E-state index contributed by atoms with van der Waals surface area (Å²) in [5.74, 6) is 1.03. The summed E-state index contributed by atoms with van der Waals surface area (Å²) in [6.45, 7) is 10.7. The quantitative estimate of drug-likeness (QED) is 0.885. The Kier molecular flexibility index (Phi) is 4.61. The van der Waals surface area contributed by atoms with Gasteiger partial charge in [0.15, 0.2) is 0 Å². The number of likely N-dealkylation sites (N-methyl/N-ethyl adjacent to an activating group) is 1. The van der Waals surface area contributed by atoms with Crippen molar-refractivity contribution in [2.24, 2.45) is 0 Å². The topological polar surface area (TPSA) is 24.5 Å². The largest absolute Gasteiger partial charge is 0.491 e. The minimum atomic E-state index is 0.220. The number of benzene rings is 1. The number of hydrogen-bond donors (Lipinski definition) is 1. The lowest BCUT2D eigenvalue weighted by molar-refractivity contribution is 0.162. The first kappa shape index (κ1) is 13.4. The molecule has 1 saturated heterocycles. The molecule has 0 spiro atoms. The van der Waals surface area contributed by atoms with Crippen molar-refractivity contribution in [3.8, 4) is 5.75 Å². The lowest BCUT2D eigenvalue weighted by Crippen LogP contribution is -2.45. The molecule has 100 valence electrons. The summed E-state index contributed by atoms with van der Waals surface area (Å²) >= 11 is 0. The molecule has 1 N–H and O–H groups in total. The van der Waals surface area contributed by atoms with Gasteiger partial charge >= 0.3 is 0 Å². The van der Waals surface area contributed by atoms with Crippen LogP contribution in [0.4, 0.5) is 0 Å². The first-order valence-electron chi connectivity index (χ1n) is 6.92. The Hall–Kier alpha value is -1.06. The summed E-state index contributed by atoms with van der Waals surface area (Å²) < 4.78 is 5.94. The van der Waals surface area contributed by atoms with E-state index in [1.54, 1.807) is 0 Å². The third-order valence-corrected chi connectivity index (χ3v) is 3.40. The molecular weight excluding hydrogens is 224 g/mol. The van der Waals surface area contributed by atoms with Crippen LogP contribution in [0.3, 0.4) is 0 Å². The van der Waals surface area contributed by atoms with Crippen LogP contribution in [-0.4, -0.2) is 37.2 Å². The van der Waals surface area contributed by atoms with E-state index in [9.17, 15) is 0 Å². The van der Waals surface area contributed by atoms with Crippen LogP contribution in [0.5, 0.6) is 5.75 Å². The van der Waals surface area contributed by atoms with E-state index in [1.807, 2.05) is 6.07 Å². The third kappa shape index (κ3) is 3.03. The van der Waals surface area contributed by atoms with Crippen LogP contribution in [0.25, 0.3) is 0 Å². The second-order valence-electron chi connectivity index (χ2n) is 5.05. The second-order valence-corrected chi connectivity index (χ2v) is 5.05. The van der Waals surface area contributed by atoms with Gasteiger partial charge in [-0.1, -0.05) is 25.1 Å². The number of nitrogens with zero attached hydrogens (tertiary/aromatic N) is 1. The maximum absolute atomic E-state index is 5.94. The number of nitrogens with one attached hydrogen (secondary N) is 1. The average Bonchev–Trinajstić information content (AvgIpc) is 2.39. The predicted molar refractivity (Wildman–Crippen MR) is 75.1 cm³/mol. The molecule has 1 fully saturated rings. The molecule has 0 bridgehead atoms. The smallest absolute Gasteiger partial charge is 0.124 e. The Balaban J connectivity index is 2.24. The normalized spacial score (nSPS) is 21.2. The van der Waals surface area contributed by atoms with Crippen LogP contribution in [0.1, 0.15) is 32.4 Å². The monoisotopic (exact) mass is 248 g/mol. The van der Waals surface area contributed by atoms with Crippen molar-refractivity contribution in [3.05, 3.63) is 29.8 Å². The molecule has 1 aromatic carbocycles. The van der Waals surface area contributed by atoms with Crippen LogP contribution < -0.4 is 10.1 Å². The highest BCUT2D eigenvalue weighted by Gasteiger charge is 2.24. The maximum Gasteiger partial charge on any atom is 0.124 e. The lowest BCUT2D eigenvalue weighted by Gasteiger charge is -2.36. The highest BCUT2D eigenvalue weighted by atomic mass is 16.5. The molecule has 3 nitrogen and oxygen atoms in total. The molecule has 1 atom stereocenters. The number of rotatable bonds is 4. The van der Waals surface area contributed by atoms with Gasteiger partial charge in [-0.15, -0.1) is 0 Å². The fraction of sp³-hybridized carbons (Fsp3) is 0.600. The molecule has 2 rings (SSSR count). The Morgan fingerprint density at radius 3 is 2.89 bits per heavy atom. The number of hydrogen-bond acceptors (Lipinski definition) is 3. The molecular formula is C15H24N2O. The zero-order valence-corrected chi connectivity index (χ0v) is 11.6. The molecule has 1 aliphatic rings. The summed E-state index contributed by atoms with van der Waals surface area (Å²) in [6.07, 6.45) is 0.220. The second kappa shape index (κ2) is 6.21. The SMILES string of the molecule is CCN1CCNCC1c1ccccc1OC(C)C. The van der Waals surface area contributed by atoms with Gasteiger partial charge in [-0.25, -0.2) is 0 Å². The molecule has 0 amide bonds. The first-order chi connectivity index (χ1) is 8.72. The van der Waals surface area contributed by atoms with Gasteiger partial charge in [-0.3, -0.25) is 4.90 Å². The van der Waals surface area contributed by atoms with Gasteiger partial charge in [-0.05, 0) is 26.5 Å². The van der Waals surface area contributed by atoms with Crippen LogP contribution in [0.15, 0.2) is 24.3 Å². The average molecular weight is 248 g/mol. The van der Waals surface area contributed by atoms with Crippen LogP contribution in [0, 0.1) is 0 Å². The standard InChI is InChI=1S/C15H24N2O/c1-4-17-10-9-16-11-14(17)13-7-5-6-8-15(13)18-12(2)3/h5-8,12,14,16H,4,9-11H2,1-3H3. The van der Waals surface area contributed by atoms with Gasteiger partial charge < -0.3 is 10.1 Å². The van der Waals surface area contributed by atoms with Crippen molar-refractivity contribution in [1.82, 2.24) is 10.2 Å². The molecule has 0 aliphatic carbocycles. The van der Waals surface area contributed by atoms with Crippen LogP contribution in [-0.2, 0) is 0 Å². The van der Waals surface area contributed by atoms with Gasteiger partial charge in [0, 0.05) is 25.2 Å². The van der Waals surface area contributed by atoms with Gasteiger partial charge in [-0.2, -0.15) is 0 Å². The number of ether oxygens (including phenoxy) is 1. The highest BCUT2D eigenvalue weighted by molar-refractivity contribution is 5.36. The van der Waals surface area contributed by atoms with Crippen molar-refractivity contribution in [2.75, 3.05) is 26.2 Å². The maximum atomic E-state index is 5.94. The van der Waals surface area contributed by atoms with E-state index in [2.05, 4.69) is 49.2 Å². The molecule has 1 aliphatic heterocycles. The summed E-state index contributed by atoms with van der Waals surface area (Å²) in [5, 5.41) is 3.48. The Labute approximate surface area is 110 Å². The molecule has 3 heteroatoms. The van der Waals surface area contributed by atoms with Gasteiger partial charge in [0.1, 0.15) is 5.75 Å². The fourth-order valence-electron chi connectivity index (χ4n) is 2.55. The van der Waals surface area contributed by atoms with Gasteiger partial charge in [0.05, 0.1) is 12.1 Å². The zero-order chi connectivity index (χ0) is 13.0. The van der Waals surface area contributed by atoms with Crippen molar-refractivity contribution in [2.45, 2.75) is 32.9 Å². The van der Waals surface area contributed by atoms with Crippen molar-refractivity contribution >= 4 is 0 Å². The highest BCUT2D eigenvalue weighted by Crippen LogP contribution is 2.30. The summed E-state index contributed by atoms with van der Waals surface area (Å²) in [6, 6.07) is 8.85. The minimum Gasteiger partial charge on any atom is -0.491 e. The van der Waals surface area contributed by atoms with Crippen molar-refractivity contribution < 1.29 is 4.74 Å². The van der Waals surface area contributed by atoms with Crippen LogP contribution >= 0.6 is 0 Å². The van der Waals surface area contributed by atoms with E-state index in [-0.39, 0.29) is 6.10 Å². The van der Waals surface area contributed by atoms with Crippen molar-refractivity contribution in [3.63, 3.8) is 0 Å². The fourth-order valence-corrected chi connectivity index (χ4v) is 2.55. The summed E-state index contributed by atoms with van der Waals surface area (Å²) in [5.41, 5.74) is 1.31. The molecule has 18 heavy (non-hydrogen) atoms. The van der Waals surface area contributed by atoms with Crippen molar-refractivity contribution in [1.29, 1.82) is 0 Å². The van der Waals surface area contributed by atoms with E-state index >= 15 is 0 Å². The van der Waals surface area contributed by atoms with Gasteiger partial charge in [0.2, 0.25) is 0 Å². The van der Waals surface area contributed by atoms with Gasteiger partial charge in [0.25, 0.3) is 0 Å². The Morgan fingerprint density at radius 2 is 2.17 bits per heavy atom. The molecule has 1 unspecified atom stereocenters. The lowest BCUT2D eigenvalue weighted by atomic mass is 10.0. The van der Waals surface area contributed by atoms with E-state index < -0.39 is 0 Å². The van der Waals surface area contributed by atoms with E-state index in [0.717, 1.165) is 31.9 Å². The number of para-hydroxylation sites is 1. The van der Waals surface area contributed by atoms with E-state index in [0.29, 0.717) is 6.04 Å². The summed E-state index contributed by atoms with van der Waals surface area (Å²) in [7, 11) is 0. The molecule has 1 aromatic rings. The molecule has 0 saturated carbocycles. The molecule has 0 aromatic heterocycles. The minimum absolute atomic E-state index is 0.220. The predicted octanol–water partition coefficient (Wildman–Crippen LogP) is 2.44. The number of piperazine rings is 1. The van der Waals surface area contributed by atoms with Crippen LogP contribution in [0.2, 0.25) is 0 Å². The Morgan fingerprint density at radius 1 is 1.39 bits per heavy atom. The zero-order valence-electron chi connectivity index (χ0n) is 11.6. The first-order valence-corrected chi connectivity index (χ1v) is 6.92. The Bertz CT molecular complexity index is 379. The molecule has 1 heterocycles. The van der Waals surface area contributed by atoms with E-state index in [1.165, 1.54) is 5.56 Å². The van der Waals surface area contributed by atoms with E-state index in [4.69, 9.17) is 4.74 Å². The summed E-state index contributed by atoms with van der Waals surface area (Å²) in [4.78, 5) is 2.51.